The first-order chi connectivity index (χ1) is 13.0. The van der Waals surface area contributed by atoms with Crippen LogP contribution in [-0.4, -0.2) is 42.1 Å². The van der Waals surface area contributed by atoms with E-state index in [1.54, 1.807) is 4.57 Å². The highest BCUT2D eigenvalue weighted by Gasteiger charge is 2.13. The first-order valence-electron chi connectivity index (χ1n) is 9.07. The Kier molecular flexibility index (Phi) is 5.72. The van der Waals surface area contributed by atoms with Gasteiger partial charge in [0.05, 0.1) is 6.54 Å². The molecule has 0 aliphatic carbocycles. The van der Waals surface area contributed by atoms with E-state index in [2.05, 4.69) is 5.32 Å². The molecule has 2 aromatic carbocycles. The van der Waals surface area contributed by atoms with Crippen molar-refractivity contribution in [1.82, 2.24) is 14.8 Å². The fraction of sp³-hybridized carbons (Fsp3) is 0.273. The van der Waals surface area contributed by atoms with Gasteiger partial charge >= 0.3 is 0 Å². The van der Waals surface area contributed by atoms with E-state index in [9.17, 15) is 9.59 Å². The summed E-state index contributed by atoms with van der Waals surface area (Å²) in [5, 5.41) is 4.58. The quantitative estimate of drug-likeness (QED) is 0.733. The lowest BCUT2D eigenvalue weighted by molar-refractivity contribution is -0.122. The lowest BCUT2D eigenvalue weighted by Gasteiger charge is -2.19. The van der Waals surface area contributed by atoms with Gasteiger partial charge in [-0.05, 0) is 38.0 Å². The second-order valence-corrected chi connectivity index (χ2v) is 7.12. The van der Waals surface area contributed by atoms with Gasteiger partial charge < -0.3 is 14.8 Å². The summed E-state index contributed by atoms with van der Waals surface area (Å²) in [5.74, 6) is -0.0513. The average Bonchev–Trinajstić information content (AvgIpc) is 2.64. The summed E-state index contributed by atoms with van der Waals surface area (Å²) < 4.78 is 1.70. The number of fused-ring (bicyclic) bond motifs is 1. The van der Waals surface area contributed by atoms with E-state index in [1.807, 2.05) is 86.7 Å². The predicted octanol–water partition coefficient (Wildman–Crippen LogP) is 2.73. The molecule has 0 saturated carbocycles. The van der Waals surface area contributed by atoms with E-state index in [0.717, 1.165) is 16.5 Å². The minimum Gasteiger partial charge on any atom is -0.351 e. The molecule has 5 heteroatoms. The van der Waals surface area contributed by atoms with Crippen molar-refractivity contribution in [2.75, 3.05) is 20.6 Å². The number of aromatic nitrogens is 1. The van der Waals surface area contributed by atoms with Gasteiger partial charge in [0.2, 0.25) is 5.91 Å². The zero-order valence-electron chi connectivity index (χ0n) is 16.0. The van der Waals surface area contributed by atoms with E-state index in [0.29, 0.717) is 18.5 Å². The first kappa shape index (κ1) is 18.9. The molecular formula is C22H25N3O2. The number of rotatable bonds is 6. The molecule has 0 bridgehead atoms. The SMILES string of the molecule is CC(Cn1cc(-c2ccccc2)c2ccccc2c1=O)NC(=O)CN(C)C. The molecule has 5 nitrogen and oxygen atoms in total. The van der Waals surface area contributed by atoms with Crippen molar-refractivity contribution in [3.63, 3.8) is 0 Å². The first-order valence-corrected chi connectivity index (χ1v) is 9.07. The fourth-order valence-electron chi connectivity index (χ4n) is 3.27. The number of amides is 1. The molecule has 0 aliphatic heterocycles. The zero-order valence-corrected chi connectivity index (χ0v) is 16.0. The molecule has 3 rings (SSSR count). The van der Waals surface area contributed by atoms with Crippen LogP contribution >= 0.6 is 0 Å². The number of nitrogens with zero attached hydrogens (tertiary/aromatic N) is 2. The number of carbonyl (C=O) groups excluding carboxylic acids is 1. The van der Waals surface area contributed by atoms with Crippen LogP contribution in [0.25, 0.3) is 21.9 Å². The van der Waals surface area contributed by atoms with Crippen molar-refractivity contribution in [2.24, 2.45) is 0 Å². The van der Waals surface area contributed by atoms with Gasteiger partial charge in [-0.2, -0.15) is 0 Å². The van der Waals surface area contributed by atoms with Crippen molar-refractivity contribution >= 4 is 16.7 Å². The maximum absolute atomic E-state index is 13.0. The van der Waals surface area contributed by atoms with Gasteiger partial charge in [-0.1, -0.05) is 48.5 Å². The van der Waals surface area contributed by atoms with E-state index < -0.39 is 0 Å². The smallest absolute Gasteiger partial charge is 0.258 e. The summed E-state index contributed by atoms with van der Waals surface area (Å²) in [6.07, 6.45) is 1.90. The molecule has 0 saturated heterocycles. The summed E-state index contributed by atoms with van der Waals surface area (Å²) in [6.45, 7) is 2.66. The summed E-state index contributed by atoms with van der Waals surface area (Å²) in [7, 11) is 3.70. The molecule has 1 atom stereocenters. The molecule has 0 fully saturated rings. The molecule has 0 aliphatic rings. The number of pyridine rings is 1. The summed E-state index contributed by atoms with van der Waals surface area (Å²) in [6, 6.07) is 17.5. The Hall–Kier alpha value is -2.92. The maximum Gasteiger partial charge on any atom is 0.258 e. The Bertz CT molecular complexity index is 993. The van der Waals surface area contributed by atoms with E-state index in [1.165, 1.54) is 0 Å². The van der Waals surface area contributed by atoms with Crippen molar-refractivity contribution < 1.29 is 4.79 Å². The van der Waals surface area contributed by atoms with E-state index >= 15 is 0 Å². The third-order valence-electron chi connectivity index (χ3n) is 4.42. The Morgan fingerprint density at radius 1 is 1.04 bits per heavy atom. The molecule has 1 heterocycles. The topological polar surface area (TPSA) is 54.3 Å². The van der Waals surface area contributed by atoms with Gasteiger partial charge in [0.15, 0.2) is 0 Å². The van der Waals surface area contributed by atoms with Crippen LogP contribution in [0.4, 0.5) is 0 Å². The minimum absolute atomic E-state index is 0.0426. The fourth-order valence-corrected chi connectivity index (χ4v) is 3.27. The zero-order chi connectivity index (χ0) is 19.4. The van der Waals surface area contributed by atoms with Crippen LogP contribution in [0, 0.1) is 0 Å². The van der Waals surface area contributed by atoms with Gasteiger partial charge in [-0.25, -0.2) is 0 Å². The number of hydrogen-bond acceptors (Lipinski definition) is 3. The van der Waals surface area contributed by atoms with Crippen LogP contribution < -0.4 is 10.9 Å². The third kappa shape index (κ3) is 4.44. The number of hydrogen-bond donors (Lipinski definition) is 1. The molecule has 27 heavy (non-hydrogen) atoms. The van der Waals surface area contributed by atoms with Crippen molar-refractivity contribution in [3.05, 3.63) is 71.1 Å². The molecule has 0 spiro atoms. The van der Waals surface area contributed by atoms with E-state index in [-0.39, 0.29) is 17.5 Å². The number of benzene rings is 2. The number of carbonyl (C=O) groups is 1. The summed E-state index contributed by atoms with van der Waals surface area (Å²) in [5.41, 5.74) is 2.03. The van der Waals surface area contributed by atoms with Crippen LogP contribution in [0.15, 0.2) is 65.6 Å². The monoisotopic (exact) mass is 363 g/mol. The third-order valence-corrected chi connectivity index (χ3v) is 4.42. The van der Waals surface area contributed by atoms with Crippen LogP contribution in [0.5, 0.6) is 0 Å². The number of nitrogens with one attached hydrogen (secondary N) is 1. The van der Waals surface area contributed by atoms with Crippen LogP contribution in [-0.2, 0) is 11.3 Å². The predicted molar refractivity (Wildman–Crippen MR) is 110 cm³/mol. The van der Waals surface area contributed by atoms with Gasteiger partial charge in [0.1, 0.15) is 0 Å². The van der Waals surface area contributed by atoms with Crippen LogP contribution in [0.3, 0.4) is 0 Å². The summed E-state index contributed by atoms with van der Waals surface area (Å²) in [4.78, 5) is 26.8. The second-order valence-electron chi connectivity index (χ2n) is 7.12. The van der Waals surface area contributed by atoms with Gasteiger partial charge in [0.25, 0.3) is 5.56 Å². The van der Waals surface area contributed by atoms with Crippen molar-refractivity contribution in [1.29, 1.82) is 0 Å². The second kappa shape index (κ2) is 8.18. The van der Waals surface area contributed by atoms with Gasteiger partial charge in [0, 0.05) is 29.7 Å². The molecular weight excluding hydrogens is 338 g/mol. The lowest BCUT2D eigenvalue weighted by atomic mass is 10.0. The Morgan fingerprint density at radius 3 is 2.33 bits per heavy atom. The highest BCUT2D eigenvalue weighted by molar-refractivity contribution is 5.95. The lowest BCUT2D eigenvalue weighted by Crippen LogP contribution is -2.42. The standard InChI is InChI=1S/C22H25N3O2/c1-16(23-21(26)15-24(2)3)13-25-14-20(17-9-5-4-6-10-17)18-11-7-8-12-19(18)22(25)27/h4-12,14,16H,13,15H2,1-3H3,(H,23,26). The Labute approximate surface area is 159 Å². The van der Waals surface area contributed by atoms with Crippen LogP contribution in [0.2, 0.25) is 0 Å². The average molecular weight is 363 g/mol. The molecule has 1 N–H and O–H groups in total. The van der Waals surface area contributed by atoms with Gasteiger partial charge in [-0.3, -0.25) is 9.59 Å². The number of likely N-dealkylation sites (N-methyl/N-ethyl adjacent to an activating group) is 1. The highest BCUT2D eigenvalue weighted by Crippen LogP contribution is 2.26. The summed E-state index contributed by atoms with van der Waals surface area (Å²) >= 11 is 0. The molecule has 0 radical (unpaired) electrons. The van der Waals surface area contributed by atoms with E-state index in [4.69, 9.17) is 0 Å². The maximum atomic E-state index is 13.0. The van der Waals surface area contributed by atoms with Crippen molar-refractivity contribution in [2.45, 2.75) is 19.5 Å². The normalized spacial score (nSPS) is 12.3. The minimum atomic E-state index is -0.153. The molecule has 3 aromatic rings. The molecule has 1 amide bonds. The van der Waals surface area contributed by atoms with Crippen LogP contribution in [0.1, 0.15) is 6.92 Å². The molecule has 1 aromatic heterocycles. The molecule has 140 valence electrons. The Balaban J connectivity index is 1.98. The van der Waals surface area contributed by atoms with Gasteiger partial charge in [-0.15, -0.1) is 0 Å². The largest absolute Gasteiger partial charge is 0.351 e. The van der Waals surface area contributed by atoms with Crippen molar-refractivity contribution in [3.8, 4) is 11.1 Å². The highest BCUT2D eigenvalue weighted by atomic mass is 16.2. The molecule has 1 unspecified atom stereocenters. The Morgan fingerprint density at radius 2 is 1.67 bits per heavy atom.